The number of hydrogen-bond donors (Lipinski definition) is 1. The topological polar surface area (TPSA) is 24.9 Å². The summed E-state index contributed by atoms with van der Waals surface area (Å²) in [5.41, 5.74) is 2.84. The molecule has 1 heterocycles. The van der Waals surface area contributed by atoms with Crippen molar-refractivity contribution >= 4 is 17.4 Å². The molecule has 1 aromatic rings. The van der Waals surface area contributed by atoms with E-state index in [9.17, 15) is 0 Å². The molecule has 1 aromatic heterocycles. The van der Waals surface area contributed by atoms with Crippen LogP contribution in [0.15, 0.2) is 12.1 Å². The van der Waals surface area contributed by atoms with Crippen LogP contribution in [0.1, 0.15) is 36.9 Å². The number of alkyl halides is 1. The van der Waals surface area contributed by atoms with Crippen molar-refractivity contribution in [2.24, 2.45) is 0 Å². The Morgan fingerprint density at radius 2 is 2.12 bits per heavy atom. The number of hydrogen-bond acceptors (Lipinski definition) is 2. The van der Waals surface area contributed by atoms with Crippen molar-refractivity contribution in [3.8, 4) is 0 Å². The fourth-order valence-electron chi connectivity index (χ4n) is 2.66. The summed E-state index contributed by atoms with van der Waals surface area (Å²) in [6.45, 7) is 0. The highest BCUT2D eigenvalue weighted by atomic mass is 35.5. The highest BCUT2D eigenvalue weighted by molar-refractivity contribution is 6.19. The molecule has 0 radical (unpaired) electrons. The van der Waals surface area contributed by atoms with E-state index in [-0.39, 0.29) is 5.54 Å². The highest BCUT2D eigenvalue weighted by Gasteiger charge is 2.36. The fourth-order valence-corrected chi connectivity index (χ4v) is 2.99. The van der Waals surface area contributed by atoms with Crippen molar-refractivity contribution in [1.82, 2.24) is 4.98 Å². The maximum atomic E-state index is 6.04. The van der Waals surface area contributed by atoms with Crippen LogP contribution in [0, 0.1) is 0 Å². The molecule has 1 fully saturated rings. The van der Waals surface area contributed by atoms with Crippen LogP contribution in [0.2, 0.25) is 0 Å². The molecule has 86 valence electrons. The molecular weight excluding hydrogens is 220 g/mol. The second-order valence-corrected chi connectivity index (χ2v) is 5.32. The van der Waals surface area contributed by atoms with Crippen molar-refractivity contribution in [2.45, 2.75) is 44.1 Å². The summed E-state index contributed by atoms with van der Waals surface area (Å²) < 4.78 is 0. The van der Waals surface area contributed by atoms with E-state index < -0.39 is 0 Å². The molecule has 2 aliphatic rings. The molecule has 1 N–H and O–H groups in total. The summed E-state index contributed by atoms with van der Waals surface area (Å²) in [5.74, 6) is 1.70. The molecule has 3 heteroatoms. The number of rotatable bonds is 3. The van der Waals surface area contributed by atoms with Crippen molar-refractivity contribution in [3.05, 3.63) is 23.4 Å². The Kier molecular flexibility index (Phi) is 2.55. The zero-order valence-electron chi connectivity index (χ0n) is 9.43. The predicted octanol–water partition coefficient (Wildman–Crippen LogP) is 3.14. The quantitative estimate of drug-likeness (QED) is 0.816. The summed E-state index contributed by atoms with van der Waals surface area (Å²) in [4.78, 5) is 4.70. The highest BCUT2D eigenvalue weighted by Crippen LogP contribution is 2.36. The molecule has 3 rings (SSSR count). The lowest BCUT2D eigenvalue weighted by Gasteiger charge is -2.41. The van der Waals surface area contributed by atoms with Gasteiger partial charge in [-0.15, -0.1) is 11.6 Å². The maximum absolute atomic E-state index is 6.04. The molecule has 0 amide bonds. The van der Waals surface area contributed by atoms with Crippen molar-refractivity contribution in [3.63, 3.8) is 0 Å². The number of aromatic nitrogens is 1. The SMILES string of the molecule is ClCC1(Nc2ccc3c(n2)CCC3)CCC1. The molecule has 0 saturated heterocycles. The molecule has 0 aromatic carbocycles. The Hall–Kier alpha value is -0.760. The van der Waals surface area contributed by atoms with E-state index in [0.717, 1.165) is 12.2 Å². The van der Waals surface area contributed by atoms with Crippen LogP contribution in [0.3, 0.4) is 0 Å². The molecular formula is C13H17ClN2. The van der Waals surface area contributed by atoms with Crippen LogP contribution in [0.25, 0.3) is 0 Å². The van der Waals surface area contributed by atoms with Gasteiger partial charge >= 0.3 is 0 Å². The van der Waals surface area contributed by atoms with Crippen LogP contribution in [0.5, 0.6) is 0 Å². The Balaban J connectivity index is 1.80. The van der Waals surface area contributed by atoms with Gasteiger partial charge in [0.05, 0.1) is 5.54 Å². The molecule has 0 spiro atoms. The smallest absolute Gasteiger partial charge is 0.126 e. The number of nitrogens with one attached hydrogen (secondary N) is 1. The van der Waals surface area contributed by atoms with E-state index in [0.29, 0.717) is 5.88 Å². The Bertz CT molecular complexity index is 393. The van der Waals surface area contributed by atoms with Gasteiger partial charge in [-0.2, -0.15) is 0 Å². The number of aryl methyl sites for hydroxylation is 2. The zero-order valence-corrected chi connectivity index (χ0v) is 10.2. The number of anilines is 1. The summed E-state index contributed by atoms with van der Waals surface area (Å²) in [5, 5.41) is 3.53. The van der Waals surface area contributed by atoms with E-state index in [1.165, 1.54) is 43.4 Å². The average Bonchev–Trinajstić information content (AvgIpc) is 2.70. The van der Waals surface area contributed by atoms with Gasteiger partial charge in [0.15, 0.2) is 0 Å². The largest absolute Gasteiger partial charge is 0.363 e. The summed E-state index contributed by atoms with van der Waals surface area (Å²) in [7, 11) is 0. The van der Waals surface area contributed by atoms with Crippen LogP contribution < -0.4 is 5.32 Å². The average molecular weight is 237 g/mol. The van der Waals surface area contributed by atoms with Crippen LogP contribution in [-0.2, 0) is 12.8 Å². The molecule has 16 heavy (non-hydrogen) atoms. The molecule has 2 nitrogen and oxygen atoms in total. The lowest BCUT2D eigenvalue weighted by Crippen LogP contribution is -2.47. The fraction of sp³-hybridized carbons (Fsp3) is 0.615. The first-order valence-electron chi connectivity index (χ1n) is 6.14. The lowest BCUT2D eigenvalue weighted by molar-refractivity contribution is 0.310. The molecule has 0 atom stereocenters. The molecule has 0 aliphatic heterocycles. The van der Waals surface area contributed by atoms with Crippen LogP contribution in [-0.4, -0.2) is 16.4 Å². The van der Waals surface area contributed by atoms with Gasteiger partial charge in [-0.1, -0.05) is 6.07 Å². The van der Waals surface area contributed by atoms with E-state index in [4.69, 9.17) is 16.6 Å². The lowest BCUT2D eigenvalue weighted by atomic mass is 9.78. The molecule has 0 unspecified atom stereocenters. The van der Waals surface area contributed by atoms with Gasteiger partial charge in [-0.05, 0) is 50.2 Å². The normalized spacial score (nSPS) is 21.3. The summed E-state index contributed by atoms with van der Waals surface area (Å²) in [6.07, 6.45) is 7.23. The molecule has 1 saturated carbocycles. The Morgan fingerprint density at radius 1 is 1.25 bits per heavy atom. The second kappa shape index (κ2) is 3.92. The van der Waals surface area contributed by atoms with Gasteiger partial charge < -0.3 is 5.32 Å². The number of fused-ring (bicyclic) bond motifs is 1. The molecule has 0 bridgehead atoms. The first-order chi connectivity index (χ1) is 7.81. The van der Waals surface area contributed by atoms with Crippen LogP contribution >= 0.6 is 11.6 Å². The predicted molar refractivity (Wildman–Crippen MR) is 67.2 cm³/mol. The van der Waals surface area contributed by atoms with Gasteiger partial charge in [0.2, 0.25) is 0 Å². The minimum absolute atomic E-state index is 0.126. The standard InChI is InChI=1S/C13H17ClN2/c14-9-13(7-2-8-13)16-12-6-5-10-3-1-4-11(10)15-12/h5-6H,1-4,7-9H2,(H,15,16). The van der Waals surface area contributed by atoms with Crippen molar-refractivity contribution < 1.29 is 0 Å². The molecule has 2 aliphatic carbocycles. The van der Waals surface area contributed by atoms with Gasteiger partial charge in [0.25, 0.3) is 0 Å². The first-order valence-corrected chi connectivity index (χ1v) is 6.68. The maximum Gasteiger partial charge on any atom is 0.126 e. The summed E-state index contributed by atoms with van der Waals surface area (Å²) in [6, 6.07) is 4.33. The van der Waals surface area contributed by atoms with Gasteiger partial charge in [-0.25, -0.2) is 4.98 Å². The Labute approximate surface area is 101 Å². The third kappa shape index (κ3) is 1.69. The third-order valence-corrected chi connectivity index (χ3v) is 4.40. The third-order valence-electron chi connectivity index (χ3n) is 3.89. The minimum Gasteiger partial charge on any atom is -0.363 e. The van der Waals surface area contributed by atoms with E-state index in [1.54, 1.807) is 0 Å². The van der Waals surface area contributed by atoms with Gasteiger partial charge in [0.1, 0.15) is 5.82 Å². The van der Waals surface area contributed by atoms with Crippen molar-refractivity contribution in [2.75, 3.05) is 11.2 Å². The van der Waals surface area contributed by atoms with Gasteiger partial charge in [0, 0.05) is 11.6 Å². The second-order valence-electron chi connectivity index (χ2n) is 5.05. The van der Waals surface area contributed by atoms with E-state index in [2.05, 4.69) is 17.4 Å². The Morgan fingerprint density at radius 3 is 2.81 bits per heavy atom. The first kappa shape index (κ1) is 10.4. The van der Waals surface area contributed by atoms with E-state index in [1.807, 2.05) is 0 Å². The van der Waals surface area contributed by atoms with Gasteiger partial charge in [-0.3, -0.25) is 0 Å². The van der Waals surface area contributed by atoms with Crippen LogP contribution in [0.4, 0.5) is 5.82 Å². The zero-order chi connectivity index (χ0) is 11.0. The van der Waals surface area contributed by atoms with E-state index >= 15 is 0 Å². The minimum atomic E-state index is 0.126. The number of halogens is 1. The number of pyridine rings is 1. The monoisotopic (exact) mass is 236 g/mol. The summed E-state index contributed by atoms with van der Waals surface area (Å²) >= 11 is 6.04. The van der Waals surface area contributed by atoms with Crippen molar-refractivity contribution in [1.29, 1.82) is 0 Å². The number of nitrogens with zero attached hydrogens (tertiary/aromatic N) is 1.